The summed E-state index contributed by atoms with van der Waals surface area (Å²) in [6.07, 6.45) is 6.87. The maximum absolute atomic E-state index is 2.46. The van der Waals surface area contributed by atoms with Gasteiger partial charge in [0.25, 0.3) is 0 Å². The fourth-order valence-corrected chi connectivity index (χ4v) is 4.23. The van der Waals surface area contributed by atoms with Crippen molar-refractivity contribution in [2.24, 2.45) is 16.7 Å². The zero-order valence-corrected chi connectivity index (χ0v) is 19.4. The van der Waals surface area contributed by atoms with E-state index in [1.54, 1.807) is 0 Å². The summed E-state index contributed by atoms with van der Waals surface area (Å²) in [7, 11) is 0. The average Bonchev–Trinajstić information content (AvgIpc) is 2.48. The molecule has 2 atom stereocenters. The molecule has 1 aromatic carbocycles. The van der Waals surface area contributed by atoms with Crippen molar-refractivity contribution >= 4 is 0 Å². The number of hydrogen-bond donors (Lipinski definition) is 0. The summed E-state index contributed by atoms with van der Waals surface area (Å²) in [5.74, 6) is 0.929. The van der Waals surface area contributed by atoms with Crippen LogP contribution in [0.4, 0.5) is 0 Å². The third-order valence-corrected chi connectivity index (χ3v) is 4.67. The molecule has 0 spiro atoms. The quantitative estimate of drug-likeness (QED) is 0.475. The molecule has 25 heavy (non-hydrogen) atoms. The van der Waals surface area contributed by atoms with Gasteiger partial charge in [0.1, 0.15) is 0 Å². The van der Waals surface area contributed by atoms with Crippen molar-refractivity contribution < 1.29 is 0 Å². The summed E-state index contributed by atoms with van der Waals surface area (Å²) in [6, 6.07) is 8.45. The molecule has 1 aliphatic rings. The predicted molar refractivity (Wildman–Crippen MR) is 118 cm³/mol. The highest BCUT2D eigenvalue weighted by molar-refractivity contribution is 5.20. The molecule has 0 nitrogen and oxygen atoms in total. The minimum absolute atomic E-state index is 0.586. The SMILES string of the molecule is CC.CCC.CCC1(C)CC(C)CC(C)(C)C1.Cc1cccc(C)c1. The van der Waals surface area contributed by atoms with Gasteiger partial charge in [0.05, 0.1) is 0 Å². The minimum atomic E-state index is 0.586. The zero-order valence-electron chi connectivity index (χ0n) is 19.4. The minimum Gasteiger partial charge on any atom is -0.0683 e. The molecule has 0 N–H and O–H groups in total. The normalized spacial score (nSPS) is 23.7. The van der Waals surface area contributed by atoms with Gasteiger partial charge in [-0.2, -0.15) is 0 Å². The third kappa shape index (κ3) is 13.1. The van der Waals surface area contributed by atoms with E-state index in [4.69, 9.17) is 0 Å². The van der Waals surface area contributed by atoms with Crippen LogP contribution in [0.2, 0.25) is 0 Å². The largest absolute Gasteiger partial charge is 0.0683 e. The van der Waals surface area contributed by atoms with Crippen molar-refractivity contribution in [2.45, 2.75) is 108 Å². The second-order valence-electron chi connectivity index (χ2n) is 8.88. The summed E-state index contributed by atoms with van der Waals surface area (Å²) < 4.78 is 0. The van der Waals surface area contributed by atoms with E-state index in [1.165, 1.54) is 43.2 Å². The Hall–Kier alpha value is -0.780. The maximum Gasteiger partial charge on any atom is -0.0321 e. The van der Waals surface area contributed by atoms with Crippen molar-refractivity contribution in [3.05, 3.63) is 35.4 Å². The molecule has 0 aromatic heterocycles. The van der Waals surface area contributed by atoms with Gasteiger partial charge >= 0.3 is 0 Å². The summed E-state index contributed by atoms with van der Waals surface area (Å²) in [5, 5.41) is 0. The van der Waals surface area contributed by atoms with Crippen molar-refractivity contribution in [1.29, 1.82) is 0 Å². The summed E-state index contributed by atoms with van der Waals surface area (Å²) >= 11 is 0. The fraction of sp³-hybridized carbons (Fsp3) is 0.760. The van der Waals surface area contributed by atoms with Crippen LogP contribution in [0.1, 0.15) is 106 Å². The van der Waals surface area contributed by atoms with E-state index < -0.39 is 0 Å². The van der Waals surface area contributed by atoms with Gasteiger partial charge in [-0.1, -0.05) is 111 Å². The Labute approximate surface area is 160 Å². The molecule has 0 radical (unpaired) electrons. The van der Waals surface area contributed by atoms with E-state index >= 15 is 0 Å². The first-order valence-corrected chi connectivity index (χ1v) is 10.6. The maximum atomic E-state index is 2.46. The van der Waals surface area contributed by atoms with Crippen LogP contribution in [0.25, 0.3) is 0 Å². The molecule has 0 saturated heterocycles. The summed E-state index contributed by atoms with van der Waals surface area (Å²) in [6.45, 7) is 24.5. The second kappa shape index (κ2) is 13.4. The van der Waals surface area contributed by atoms with E-state index in [0.29, 0.717) is 10.8 Å². The van der Waals surface area contributed by atoms with Crippen molar-refractivity contribution in [3.8, 4) is 0 Å². The highest BCUT2D eigenvalue weighted by Gasteiger charge is 2.38. The highest BCUT2D eigenvalue weighted by atomic mass is 14.4. The van der Waals surface area contributed by atoms with Crippen LogP contribution >= 0.6 is 0 Å². The highest BCUT2D eigenvalue weighted by Crippen LogP contribution is 2.49. The molecule has 2 unspecified atom stereocenters. The van der Waals surface area contributed by atoms with Gasteiger partial charge in [0, 0.05) is 0 Å². The third-order valence-electron chi connectivity index (χ3n) is 4.67. The number of rotatable bonds is 1. The van der Waals surface area contributed by atoms with Crippen molar-refractivity contribution in [2.75, 3.05) is 0 Å². The molecule has 1 aromatic rings. The van der Waals surface area contributed by atoms with Crippen molar-refractivity contribution in [3.63, 3.8) is 0 Å². The van der Waals surface area contributed by atoms with Crippen molar-refractivity contribution in [1.82, 2.24) is 0 Å². The van der Waals surface area contributed by atoms with Gasteiger partial charge in [-0.05, 0) is 49.9 Å². The van der Waals surface area contributed by atoms with Crippen LogP contribution in [0.5, 0.6) is 0 Å². The van der Waals surface area contributed by atoms with Crippen LogP contribution in [-0.4, -0.2) is 0 Å². The van der Waals surface area contributed by atoms with Crippen LogP contribution in [0, 0.1) is 30.6 Å². The Kier molecular flexibility index (Phi) is 14.2. The molecule has 0 aliphatic heterocycles. The Morgan fingerprint density at radius 3 is 1.64 bits per heavy atom. The standard InChI is InChI=1S/C12H24.C8H10.C3H8.C2H6/c1-6-12(5)8-10(2)7-11(3,4)9-12;1-7-4-3-5-8(2)6-7;1-3-2;1-2/h10H,6-9H2,1-5H3;3-6H,1-2H3;3H2,1-2H3;1-2H3. The lowest BCUT2D eigenvalue weighted by molar-refractivity contribution is 0.0582. The zero-order chi connectivity index (χ0) is 20.1. The lowest BCUT2D eigenvalue weighted by atomic mass is 9.60. The Bertz CT molecular complexity index is 412. The summed E-state index contributed by atoms with van der Waals surface area (Å²) in [4.78, 5) is 0. The second-order valence-corrected chi connectivity index (χ2v) is 8.88. The molecular weight excluding hydrogens is 300 g/mol. The molecule has 0 heterocycles. The lowest BCUT2D eigenvalue weighted by Gasteiger charge is -2.45. The Morgan fingerprint density at radius 2 is 1.36 bits per heavy atom. The van der Waals surface area contributed by atoms with Crippen LogP contribution < -0.4 is 0 Å². The van der Waals surface area contributed by atoms with Gasteiger partial charge in [0.15, 0.2) is 0 Å². The van der Waals surface area contributed by atoms with Crippen LogP contribution in [0.3, 0.4) is 0 Å². The Morgan fingerprint density at radius 1 is 0.920 bits per heavy atom. The molecule has 0 amide bonds. The lowest BCUT2D eigenvalue weighted by Crippen LogP contribution is -2.34. The molecule has 1 fully saturated rings. The summed E-state index contributed by atoms with van der Waals surface area (Å²) in [5.41, 5.74) is 3.89. The van der Waals surface area contributed by atoms with Gasteiger partial charge in [-0.3, -0.25) is 0 Å². The monoisotopic (exact) mass is 348 g/mol. The first kappa shape index (κ1) is 26.4. The molecule has 0 heteroatoms. The van der Waals surface area contributed by atoms with E-state index in [9.17, 15) is 0 Å². The van der Waals surface area contributed by atoms with Crippen LogP contribution in [0.15, 0.2) is 24.3 Å². The molecule has 0 bridgehead atoms. The van der Waals surface area contributed by atoms with E-state index in [2.05, 4.69) is 86.6 Å². The molecule has 1 saturated carbocycles. The Balaban J connectivity index is 0. The van der Waals surface area contributed by atoms with E-state index in [-0.39, 0.29) is 0 Å². The van der Waals surface area contributed by atoms with E-state index in [0.717, 1.165) is 5.92 Å². The smallest absolute Gasteiger partial charge is 0.0321 e. The average molecular weight is 349 g/mol. The predicted octanol–water partition coefficient (Wildman–Crippen LogP) is 8.99. The first-order chi connectivity index (χ1) is 11.6. The number of hydrogen-bond acceptors (Lipinski definition) is 0. The van der Waals surface area contributed by atoms with Gasteiger partial charge in [-0.15, -0.1) is 0 Å². The van der Waals surface area contributed by atoms with Gasteiger partial charge < -0.3 is 0 Å². The topological polar surface area (TPSA) is 0 Å². The van der Waals surface area contributed by atoms with Gasteiger partial charge in [0.2, 0.25) is 0 Å². The number of benzene rings is 1. The molecular formula is C25H48. The first-order valence-electron chi connectivity index (χ1n) is 10.6. The number of aryl methyl sites for hydroxylation is 2. The molecule has 1 aliphatic carbocycles. The van der Waals surface area contributed by atoms with Crippen LogP contribution in [-0.2, 0) is 0 Å². The van der Waals surface area contributed by atoms with Gasteiger partial charge in [-0.25, -0.2) is 0 Å². The fourth-order valence-electron chi connectivity index (χ4n) is 4.23. The molecule has 2 rings (SSSR count). The van der Waals surface area contributed by atoms with E-state index in [1.807, 2.05) is 13.8 Å². The molecule has 148 valence electrons.